The van der Waals surface area contributed by atoms with Gasteiger partial charge in [0.05, 0.1) is 36.5 Å². The maximum absolute atomic E-state index is 9.81. The summed E-state index contributed by atoms with van der Waals surface area (Å²) in [6.07, 6.45) is 4.60. The lowest BCUT2D eigenvalue weighted by Gasteiger charge is -2.36. The minimum atomic E-state index is -0.546. The number of aliphatic hydroxyl groups excluding tert-OH is 1. The molecule has 3 rings (SSSR count). The smallest absolute Gasteiger partial charge is 0.213 e. The predicted molar refractivity (Wildman–Crippen MR) is 92.0 cm³/mol. The van der Waals surface area contributed by atoms with Crippen LogP contribution >= 0.6 is 0 Å². The van der Waals surface area contributed by atoms with Crippen molar-refractivity contribution >= 4 is 11.0 Å². The average molecular weight is 331 g/mol. The minimum Gasteiger partial charge on any atom is -0.481 e. The minimum absolute atomic E-state index is 0.0890. The van der Waals surface area contributed by atoms with Gasteiger partial charge in [0.2, 0.25) is 5.88 Å². The maximum atomic E-state index is 9.81. The van der Waals surface area contributed by atoms with Crippen molar-refractivity contribution in [3.8, 4) is 5.88 Å². The van der Waals surface area contributed by atoms with Gasteiger partial charge in [-0.2, -0.15) is 0 Å². The number of methoxy groups -OCH3 is 1. The number of rotatable bonds is 5. The Balaban J connectivity index is 1.71. The van der Waals surface area contributed by atoms with Gasteiger partial charge < -0.3 is 20.3 Å². The van der Waals surface area contributed by atoms with E-state index in [9.17, 15) is 5.11 Å². The molecule has 2 aromatic rings. The highest BCUT2D eigenvalue weighted by Gasteiger charge is 2.31. The molecule has 24 heavy (non-hydrogen) atoms. The Kier molecular flexibility index (Phi) is 5.28. The Hall–Kier alpha value is -1.76. The molecule has 1 aliphatic rings. The monoisotopic (exact) mass is 331 g/mol. The summed E-state index contributed by atoms with van der Waals surface area (Å²) >= 11 is 0. The molecule has 130 valence electrons. The van der Waals surface area contributed by atoms with Gasteiger partial charge in [-0.25, -0.2) is 4.98 Å². The Morgan fingerprint density at radius 1 is 1.38 bits per heavy atom. The van der Waals surface area contributed by atoms with E-state index in [0.717, 1.165) is 42.3 Å². The molecular formula is C18H25N3O3. The zero-order valence-electron chi connectivity index (χ0n) is 14.2. The Morgan fingerprint density at radius 3 is 2.96 bits per heavy atom. The van der Waals surface area contributed by atoms with Crippen molar-refractivity contribution in [3.63, 3.8) is 0 Å². The molecule has 0 saturated carbocycles. The van der Waals surface area contributed by atoms with Crippen LogP contribution in [0.15, 0.2) is 24.4 Å². The number of aryl methyl sites for hydroxylation is 1. The summed E-state index contributed by atoms with van der Waals surface area (Å²) in [5.74, 6) is 0.589. The molecule has 0 aliphatic carbocycles. The lowest BCUT2D eigenvalue weighted by molar-refractivity contribution is -0.111. The van der Waals surface area contributed by atoms with Gasteiger partial charge in [-0.15, -0.1) is 0 Å². The summed E-state index contributed by atoms with van der Waals surface area (Å²) in [4.78, 5) is 8.89. The van der Waals surface area contributed by atoms with Gasteiger partial charge in [-0.1, -0.05) is 0 Å². The van der Waals surface area contributed by atoms with E-state index in [1.165, 1.54) is 0 Å². The van der Waals surface area contributed by atoms with E-state index in [1.807, 2.05) is 24.4 Å². The maximum Gasteiger partial charge on any atom is 0.213 e. The van der Waals surface area contributed by atoms with E-state index < -0.39 is 6.10 Å². The van der Waals surface area contributed by atoms with Crippen LogP contribution in [0.1, 0.15) is 31.7 Å². The van der Waals surface area contributed by atoms with Crippen molar-refractivity contribution in [2.45, 2.75) is 57.0 Å². The first-order chi connectivity index (χ1) is 11.6. The summed E-state index contributed by atoms with van der Waals surface area (Å²) in [5.41, 5.74) is 8.90. The highest BCUT2D eigenvalue weighted by molar-refractivity contribution is 5.78. The highest BCUT2D eigenvalue weighted by atomic mass is 16.5. The lowest BCUT2D eigenvalue weighted by Crippen LogP contribution is -2.49. The van der Waals surface area contributed by atoms with E-state index in [2.05, 4.69) is 9.97 Å². The number of aliphatic hydroxyl groups is 1. The zero-order valence-corrected chi connectivity index (χ0v) is 14.2. The number of fused-ring (bicyclic) bond motifs is 1. The number of hydrogen-bond donors (Lipinski definition) is 2. The van der Waals surface area contributed by atoms with Crippen molar-refractivity contribution in [1.29, 1.82) is 0 Å². The van der Waals surface area contributed by atoms with Crippen LogP contribution in [-0.4, -0.2) is 46.5 Å². The Morgan fingerprint density at radius 2 is 2.21 bits per heavy atom. The summed E-state index contributed by atoms with van der Waals surface area (Å²) in [5, 5.41) is 9.81. The number of hydrogen-bond acceptors (Lipinski definition) is 6. The first kappa shape index (κ1) is 17.1. The second-order valence-corrected chi connectivity index (χ2v) is 6.43. The molecule has 1 saturated heterocycles. The van der Waals surface area contributed by atoms with Crippen LogP contribution in [0.5, 0.6) is 5.88 Å². The van der Waals surface area contributed by atoms with Crippen LogP contribution in [-0.2, 0) is 11.2 Å². The van der Waals surface area contributed by atoms with Gasteiger partial charge in [0.15, 0.2) is 0 Å². The van der Waals surface area contributed by atoms with Crippen molar-refractivity contribution < 1.29 is 14.6 Å². The third-order valence-corrected chi connectivity index (χ3v) is 4.66. The Labute approximate surface area is 142 Å². The molecule has 4 atom stereocenters. The fourth-order valence-corrected chi connectivity index (χ4v) is 3.31. The van der Waals surface area contributed by atoms with Gasteiger partial charge >= 0.3 is 0 Å². The predicted octanol–water partition coefficient (Wildman–Crippen LogP) is 1.83. The third-order valence-electron chi connectivity index (χ3n) is 4.66. The average Bonchev–Trinajstić information content (AvgIpc) is 2.60. The molecule has 0 bridgehead atoms. The summed E-state index contributed by atoms with van der Waals surface area (Å²) in [6.45, 7) is 1.74. The summed E-state index contributed by atoms with van der Waals surface area (Å²) in [7, 11) is 1.61. The van der Waals surface area contributed by atoms with E-state index in [4.69, 9.17) is 15.2 Å². The molecule has 0 spiro atoms. The molecule has 0 amide bonds. The molecule has 1 aliphatic heterocycles. The van der Waals surface area contributed by atoms with Gasteiger partial charge in [0.25, 0.3) is 0 Å². The van der Waals surface area contributed by atoms with E-state index in [0.29, 0.717) is 5.88 Å². The van der Waals surface area contributed by atoms with Crippen molar-refractivity contribution in [1.82, 2.24) is 9.97 Å². The van der Waals surface area contributed by atoms with E-state index in [1.54, 1.807) is 14.0 Å². The van der Waals surface area contributed by atoms with Crippen LogP contribution in [0.3, 0.4) is 0 Å². The van der Waals surface area contributed by atoms with E-state index >= 15 is 0 Å². The molecule has 6 heteroatoms. The van der Waals surface area contributed by atoms with Crippen LogP contribution in [0.25, 0.3) is 11.0 Å². The van der Waals surface area contributed by atoms with Crippen LogP contribution in [0, 0.1) is 0 Å². The second kappa shape index (κ2) is 7.42. The first-order valence-corrected chi connectivity index (χ1v) is 8.46. The number of aromatic nitrogens is 2. The lowest BCUT2D eigenvalue weighted by atomic mass is 9.93. The first-order valence-electron chi connectivity index (χ1n) is 8.46. The number of pyridine rings is 2. The molecule has 0 radical (unpaired) electrons. The Bertz CT molecular complexity index is 692. The van der Waals surface area contributed by atoms with Gasteiger partial charge in [-0.3, -0.25) is 4.98 Å². The SMILES string of the molecule is COc1ccc2nccc(CC[C@@H]3CC[C@@H](N)C([C@@H](C)O)O3)c2n1. The fourth-order valence-electron chi connectivity index (χ4n) is 3.31. The summed E-state index contributed by atoms with van der Waals surface area (Å²) in [6, 6.07) is 5.64. The molecule has 1 unspecified atom stereocenters. The molecule has 3 heterocycles. The van der Waals surface area contributed by atoms with E-state index in [-0.39, 0.29) is 18.2 Å². The highest BCUT2D eigenvalue weighted by Crippen LogP contribution is 2.25. The summed E-state index contributed by atoms with van der Waals surface area (Å²) < 4.78 is 11.2. The largest absolute Gasteiger partial charge is 0.481 e. The molecule has 1 fully saturated rings. The van der Waals surface area contributed by atoms with Crippen molar-refractivity contribution in [3.05, 3.63) is 30.0 Å². The molecule has 3 N–H and O–H groups in total. The second-order valence-electron chi connectivity index (χ2n) is 6.43. The quantitative estimate of drug-likeness (QED) is 0.868. The standard InChI is InChI=1S/C18H25N3O3/c1-11(22)18-14(19)6-5-13(24-18)4-3-12-9-10-20-15-7-8-16(23-2)21-17(12)15/h7-11,13-14,18,22H,3-6,19H2,1-2H3/t11-,13-,14-,18?/m1/s1. The van der Waals surface area contributed by atoms with Crippen molar-refractivity contribution in [2.75, 3.05) is 7.11 Å². The number of nitrogens with zero attached hydrogens (tertiary/aromatic N) is 2. The normalized spacial score (nSPS) is 25.6. The fraction of sp³-hybridized carbons (Fsp3) is 0.556. The zero-order chi connectivity index (χ0) is 17.1. The van der Waals surface area contributed by atoms with Crippen LogP contribution < -0.4 is 10.5 Å². The van der Waals surface area contributed by atoms with Crippen LogP contribution in [0.2, 0.25) is 0 Å². The third kappa shape index (κ3) is 3.66. The van der Waals surface area contributed by atoms with Crippen molar-refractivity contribution in [2.24, 2.45) is 5.73 Å². The van der Waals surface area contributed by atoms with Gasteiger partial charge in [0.1, 0.15) is 0 Å². The number of nitrogens with two attached hydrogens (primary N) is 1. The van der Waals surface area contributed by atoms with Gasteiger partial charge in [-0.05, 0) is 50.3 Å². The number of ether oxygens (including phenoxy) is 2. The molecule has 0 aromatic carbocycles. The van der Waals surface area contributed by atoms with Crippen LogP contribution in [0.4, 0.5) is 0 Å². The van der Waals surface area contributed by atoms with Gasteiger partial charge in [0, 0.05) is 18.3 Å². The molecule has 6 nitrogen and oxygen atoms in total. The topological polar surface area (TPSA) is 90.5 Å². The molecular weight excluding hydrogens is 306 g/mol. The molecule has 2 aromatic heterocycles.